The number of amides is 1. The van der Waals surface area contributed by atoms with E-state index in [2.05, 4.69) is 4.90 Å². The molecule has 2 atom stereocenters. The minimum atomic E-state index is 0.0890. The lowest BCUT2D eigenvalue weighted by atomic mass is 10.0. The Balaban J connectivity index is 1.67. The standard InChI is InChI=1S/C15H29N3O2/c1-13-14(5-12-20-13)15(19)18-10-8-17(9-11-18)7-4-2-3-6-16/h13-14H,2-12,16H2,1H3. The van der Waals surface area contributed by atoms with Crippen molar-refractivity contribution in [2.75, 3.05) is 45.9 Å². The van der Waals surface area contributed by atoms with E-state index in [-0.39, 0.29) is 12.0 Å². The Kier molecular flexibility index (Phi) is 6.26. The van der Waals surface area contributed by atoms with Gasteiger partial charge in [0, 0.05) is 32.8 Å². The number of rotatable bonds is 6. The summed E-state index contributed by atoms with van der Waals surface area (Å²) in [5.41, 5.74) is 5.50. The van der Waals surface area contributed by atoms with Crippen LogP contribution in [0.2, 0.25) is 0 Å². The van der Waals surface area contributed by atoms with Crippen LogP contribution < -0.4 is 5.73 Å². The first-order chi connectivity index (χ1) is 9.72. The van der Waals surface area contributed by atoms with E-state index in [0.717, 1.165) is 58.7 Å². The molecule has 116 valence electrons. The van der Waals surface area contributed by atoms with E-state index in [1.54, 1.807) is 0 Å². The second kappa shape index (κ2) is 7.96. The number of carbonyl (C=O) groups is 1. The van der Waals surface area contributed by atoms with Crippen LogP contribution in [-0.4, -0.2) is 67.7 Å². The highest BCUT2D eigenvalue weighted by Crippen LogP contribution is 2.23. The van der Waals surface area contributed by atoms with E-state index in [1.165, 1.54) is 12.8 Å². The van der Waals surface area contributed by atoms with Gasteiger partial charge in [-0.25, -0.2) is 0 Å². The fraction of sp³-hybridized carbons (Fsp3) is 0.933. The van der Waals surface area contributed by atoms with Gasteiger partial charge in [-0.05, 0) is 39.3 Å². The highest BCUT2D eigenvalue weighted by molar-refractivity contribution is 5.79. The molecule has 1 amide bonds. The molecule has 0 saturated carbocycles. The van der Waals surface area contributed by atoms with E-state index in [1.807, 2.05) is 11.8 Å². The second-order valence-corrected chi connectivity index (χ2v) is 5.99. The van der Waals surface area contributed by atoms with Crippen LogP contribution in [0.4, 0.5) is 0 Å². The third-order valence-electron chi connectivity index (χ3n) is 4.56. The maximum atomic E-state index is 12.4. The zero-order valence-corrected chi connectivity index (χ0v) is 12.7. The van der Waals surface area contributed by atoms with Crippen molar-refractivity contribution in [3.8, 4) is 0 Å². The number of hydrogen-bond donors (Lipinski definition) is 1. The fourth-order valence-corrected chi connectivity index (χ4v) is 3.14. The molecule has 0 aromatic rings. The normalized spacial score (nSPS) is 28.0. The van der Waals surface area contributed by atoms with Crippen molar-refractivity contribution < 1.29 is 9.53 Å². The summed E-state index contributed by atoms with van der Waals surface area (Å²) >= 11 is 0. The van der Waals surface area contributed by atoms with Gasteiger partial charge >= 0.3 is 0 Å². The average molecular weight is 283 g/mol. The average Bonchev–Trinajstić information content (AvgIpc) is 2.90. The van der Waals surface area contributed by atoms with E-state index in [9.17, 15) is 4.79 Å². The Hall–Kier alpha value is -0.650. The zero-order chi connectivity index (χ0) is 14.4. The molecule has 0 aromatic heterocycles. The monoisotopic (exact) mass is 283 g/mol. The molecule has 2 aliphatic heterocycles. The molecular weight excluding hydrogens is 254 g/mol. The van der Waals surface area contributed by atoms with Crippen LogP contribution in [-0.2, 0) is 9.53 Å². The number of nitrogens with zero attached hydrogens (tertiary/aromatic N) is 2. The van der Waals surface area contributed by atoms with Crippen LogP contribution in [0.25, 0.3) is 0 Å². The van der Waals surface area contributed by atoms with Crippen LogP contribution in [0.5, 0.6) is 0 Å². The van der Waals surface area contributed by atoms with Crippen LogP contribution in [0.15, 0.2) is 0 Å². The quantitative estimate of drug-likeness (QED) is 0.729. The maximum Gasteiger partial charge on any atom is 0.228 e. The van der Waals surface area contributed by atoms with Gasteiger partial charge in [0.25, 0.3) is 0 Å². The molecule has 2 rings (SSSR count). The van der Waals surface area contributed by atoms with Gasteiger partial charge in [0.1, 0.15) is 0 Å². The molecule has 2 heterocycles. The van der Waals surface area contributed by atoms with Gasteiger partial charge in [-0.1, -0.05) is 6.42 Å². The third kappa shape index (κ3) is 4.17. The van der Waals surface area contributed by atoms with Crippen molar-refractivity contribution in [3.05, 3.63) is 0 Å². The number of nitrogens with two attached hydrogens (primary N) is 1. The molecule has 5 heteroatoms. The number of unbranched alkanes of at least 4 members (excludes halogenated alkanes) is 2. The van der Waals surface area contributed by atoms with Crippen LogP contribution in [0.3, 0.4) is 0 Å². The summed E-state index contributed by atoms with van der Waals surface area (Å²) in [6.45, 7) is 8.46. The minimum Gasteiger partial charge on any atom is -0.378 e. The van der Waals surface area contributed by atoms with Gasteiger partial charge in [-0.2, -0.15) is 0 Å². The number of carbonyl (C=O) groups excluding carboxylic acids is 1. The molecule has 0 radical (unpaired) electrons. The molecule has 5 nitrogen and oxygen atoms in total. The number of hydrogen-bond acceptors (Lipinski definition) is 4. The summed E-state index contributed by atoms with van der Waals surface area (Å²) < 4.78 is 5.51. The first-order valence-electron chi connectivity index (χ1n) is 8.05. The van der Waals surface area contributed by atoms with Gasteiger partial charge in [-0.3, -0.25) is 9.69 Å². The molecule has 2 unspecified atom stereocenters. The topological polar surface area (TPSA) is 58.8 Å². The van der Waals surface area contributed by atoms with E-state index < -0.39 is 0 Å². The van der Waals surface area contributed by atoms with Crippen molar-refractivity contribution >= 4 is 5.91 Å². The predicted molar refractivity (Wildman–Crippen MR) is 79.4 cm³/mol. The van der Waals surface area contributed by atoms with Gasteiger partial charge in [0.2, 0.25) is 5.91 Å². The smallest absolute Gasteiger partial charge is 0.228 e. The van der Waals surface area contributed by atoms with Crippen molar-refractivity contribution in [2.24, 2.45) is 11.7 Å². The molecule has 2 N–H and O–H groups in total. The van der Waals surface area contributed by atoms with Gasteiger partial charge in [0.05, 0.1) is 12.0 Å². The van der Waals surface area contributed by atoms with Gasteiger partial charge in [-0.15, -0.1) is 0 Å². The molecule has 2 aliphatic rings. The van der Waals surface area contributed by atoms with Gasteiger partial charge < -0.3 is 15.4 Å². The Bertz CT molecular complexity index is 303. The molecule has 2 fully saturated rings. The fourth-order valence-electron chi connectivity index (χ4n) is 3.14. The lowest BCUT2D eigenvalue weighted by Gasteiger charge is -2.36. The molecule has 0 aliphatic carbocycles. The Labute approximate surface area is 122 Å². The number of piperazine rings is 1. The summed E-state index contributed by atoms with van der Waals surface area (Å²) in [7, 11) is 0. The van der Waals surface area contributed by atoms with Crippen LogP contribution in [0, 0.1) is 5.92 Å². The van der Waals surface area contributed by atoms with E-state index >= 15 is 0 Å². The number of ether oxygens (including phenoxy) is 1. The highest BCUT2D eigenvalue weighted by Gasteiger charge is 2.34. The van der Waals surface area contributed by atoms with Gasteiger partial charge in [0.15, 0.2) is 0 Å². The maximum absolute atomic E-state index is 12.4. The first-order valence-corrected chi connectivity index (χ1v) is 8.05. The van der Waals surface area contributed by atoms with Crippen molar-refractivity contribution in [2.45, 2.75) is 38.7 Å². The molecule has 0 spiro atoms. The molecule has 20 heavy (non-hydrogen) atoms. The summed E-state index contributed by atoms with van der Waals surface area (Å²) in [4.78, 5) is 16.9. The third-order valence-corrected chi connectivity index (χ3v) is 4.56. The van der Waals surface area contributed by atoms with E-state index in [4.69, 9.17) is 10.5 Å². The summed E-state index contributed by atoms with van der Waals surface area (Å²) in [6.07, 6.45) is 4.54. The first kappa shape index (κ1) is 15.7. The lowest BCUT2D eigenvalue weighted by Crippen LogP contribution is -2.51. The molecule has 0 bridgehead atoms. The summed E-state index contributed by atoms with van der Waals surface area (Å²) in [5, 5.41) is 0. The SMILES string of the molecule is CC1OCCC1C(=O)N1CCN(CCCCCN)CC1. The van der Waals surface area contributed by atoms with E-state index in [0.29, 0.717) is 5.91 Å². The molecule has 0 aromatic carbocycles. The minimum absolute atomic E-state index is 0.0890. The zero-order valence-electron chi connectivity index (χ0n) is 12.7. The Morgan fingerprint density at radius 1 is 1.20 bits per heavy atom. The second-order valence-electron chi connectivity index (χ2n) is 5.99. The van der Waals surface area contributed by atoms with Crippen LogP contribution >= 0.6 is 0 Å². The highest BCUT2D eigenvalue weighted by atomic mass is 16.5. The van der Waals surface area contributed by atoms with Crippen molar-refractivity contribution in [1.82, 2.24) is 9.80 Å². The summed E-state index contributed by atoms with van der Waals surface area (Å²) in [6, 6.07) is 0. The van der Waals surface area contributed by atoms with Crippen LogP contribution in [0.1, 0.15) is 32.6 Å². The predicted octanol–water partition coefficient (Wildman–Crippen LogP) is 0.685. The van der Waals surface area contributed by atoms with Crippen molar-refractivity contribution in [3.63, 3.8) is 0 Å². The lowest BCUT2D eigenvalue weighted by molar-refractivity contribution is -0.138. The Morgan fingerprint density at radius 3 is 2.55 bits per heavy atom. The van der Waals surface area contributed by atoms with Crippen molar-refractivity contribution in [1.29, 1.82) is 0 Å². The molecule has 2 saturated heterocycles. The largest absolute Gasteiger partial charge is 0.378 e. The summed E-state index contributed by atoms with van der Waals surface area (Å²) in [5.74, 6) is 0.392. The Morgan fingerprint density at radius 2 is 1.95 bits per heavy atom. The molecular formula is C15H29N3O2.